The first kappa shape index (κ1) is 16.6. The Morgan fingerprint density at radius 2 is 1.80 bits per heavy atom. The molecule has 112 valence electrons. The predicted octanol–water partition coefficient (Wildman–Crippen LogP) is 5.27. The summed E-state index contributed by atoms with van der Waals surface area (Å²) in [6.45, 7) is 0.448. The van der Waals surface area contributed by atoms with Crippen LogP contribution in [0.4, 0.5) is 5.69 Å². The number of halogens is 3. The van der Waals surface area contributed by atoms with Crippen LogP contribution < -0.4 is 5.32 Å². The van der Waals surface area contributed by atoms with Gasteiger partial charge in [0.15, 0.2) is 0 Å². The van der Waals surface area contributed by atoms with E-state index < -0.39 is 6.10 Å². The smallest absolute Gasteiger partial charge is 0.0847 e. The van der Waals surface area contributed by atoms with Crippen molar-refractivity contribution in [2.45, 2.75) is 44.1 Å². The molecule has 1 fully saturated rings. The normalized spacial score (nSPS) is 18.0. The Balaban J connectivity index is 2.11. The molecular weight excluding hydrogens is 405 g/mol. The maximum atomic E-state index is 9.53. The Kier molecular flexibility index (Phi) is 6.66. The third kappa shape index (κ3) is 4.36. The number of anilines is 1. The van der Waals surface area contributed by atoms with Crippen LogP contribution >= 0.6 is 43.5 Å². The van der Waals surface area contributed by atoms with Gasteiger partial charge in [0.1, 0.15) is 0 Å². The molecule has 0 aromatic heterocycles. The molecule has 1 aliphatic carbocycles. The summed E-state index contributed by atoms with van der Waals surface area (Å²) < 4.78 is 2.07. The lowest BCUT2D eigenvalue weighted by Crippen LogP contribution is -2.21. The molecule has 2 rings (SSSR count). The topological polar surface area (TPSA) is 32.3 Å². The zero-order valence-electron chi connectivity index (χ0n) is 11.3. The predicted molar refractivity (Wildman–Crippen MR) is 92.9 cm³/mol. The van der Waals surface area contributed by atoms with E-state index in [0.29, 0.717) is 12.5 Å². The number of nitrogens with one attached hydrogen (secondary N) is 1. The van der Waals surface area contributed by atoms with Crippen molar-refractivity contribution in [1.82, 2.24) is 0 Å². The fraction of sp³-hybridized carbons (Fsp3) is 0.600. The third-order valence-corrected chi connectivity index (χ3v) is 5.44. The van der Waals surface area contributed by atoms with Crippen LogP contribution in [0.2, 0.25) is 0 Å². The van der Waals surface area contributed by atoms with Gasteiger partial charge in [-0.1, -0.05) is 19.3 Å². The largest absolute Gasteiger partial charge is 0.390 e. The maximum Gasteiger partial charge on any atom is 0.0847 e. The molecule has 0 saturated heterocycles. The van der Waals surface area contributed by atoms with Crippen molar-refractivity contribution in [2.24, 2.45) is 0 Å². The first-order chi connectivity index (χ1) is 9.61. The highest BCUT2D eigenvalue weighted by atomic mass is 79.9. The van der Waals surface area contributed by atoms with E-state index in [1.807, 2.05) is 0 Å². The molecule has 0 aliphatic heterocycles. The number of rotatable bonds is 5. The van der Waals surface area contributed by atoms with Gasteiger partial charge in [0, 0.05) is 15.5 Å². The van der Waals surface area contributed by atoms with E-state index in [0.717, 1.165) is 14.6 Å². The van der Waals surface area contributed by atoms with Crippen LogP contribution in [-0.4, -0.2) is 23.6 Å². The molecule has 1 atom stereocenters. The van der Waals surface area contributed by atoms with Gasteiger partial charge in [0.05, 0.1) is 17.7 Å². The summed E-state index contributed by atoms with van der Waals surface area (Å²) >= 11 is 12.9. The summed E-state index contributed by atoms with van der Waals surface area (Å²) in [6.07, 6.45) is 6.08. The minimum Gasteiger partial charge on any atom is -0.390 e. The van der Waals surface area contributed by atoms with Crippen molar-refractivity contribution in [1.29, 1.82) is 0 Å². The van der Waals surface area contributed by atoms with Crippen LogP contribution in [-0.2, 0) is 0 Å². The SMILES string of the molecule is OC(CCl)CNc1c(Br)cc(C2CCCCC2)cc1Br. The van der Waals surface area contributed by atoms with Crippen molar-refractivity contribution in [3.8, 4) is 0 Å². The Hall–Kier alpha value is 0.230. The second-order valence-electron chi connectivity index (χ2n) is 5.38. The summed E-state index contributed by atoms with van der Waals surface area (Å²) in [5.41, 5.74) is 2.38. The van der Waals surface area contributed by atoms with E-state index >= 15 is 0 Å². The number of benzene rings is 1. The van der Waals surface area contributed by atoms with Crippen molar-refractivity contribution in [2.75, 3.05) is 17.7 Å². The molecule has 1 aromatic carbocycles. The van der Waals surface area contributed by atoms with Crippen LogP contribution in [0.1, 0.15) is 43.6 Å². The van der Waals surface area contributed by atoms with E-state index in [4.69, 9.17) is 11.6 Å². The third-order valence-electron chi connectivity index (χ3n) is 3.83. The van der Waals surface area contributed by atoms with Crippen LogP contribution in [0.25, 0.3) is 0 Å². The standard InChI is InChI=1S/C15H20Br2ClNO/c16-13-6-11(10-4-2-1-3-5-10)7-14(17)15(13)19-9-12(20)8-18/h6-7,10,12,19-20H,1-5,8-9H2. The van der Waals surface area contributed by atoms with Gasteiger partial charge >= 0.3 is 0 Å². The minimum absolute atomic E-state index is 0.238. The Bertz CT molecular complexity index is 426. The summed E-state index contributed by atoms with van der Waals surface area (Å²) in [5.74, 6) is 0.918. The molecule has 2 nitrogen and oxygen atoms in total. The number of hydrogen-bond acceptors (Lipinski definition) is 2. The molecule has 0 spiro atoms. The van der Waals surface area contributed by atoms with Crippen molar-refractivity contribution in [3.63, 3.8) is 0 Å². The van der Waals surface area contributed by atoms with Crippen molar-refractivity contribution < 1.29 is 5.11 Å². The van der Waals surface area contributed by atoms with Gasteiger partial charge in [0.2, 0.25) is 0 Å². The molecule has 0 amide bonds. The van der Waals surface area contributed by atoms with Crippen LogP contribution in [0.5, 0.6) is 0 Å². The first-order valence-corrected chi connectivity index (χ1v) is 9.20. The lowest BCUT2D eigenvalue weighted by molar-refractivity contribution is 0.211. The van der Waals surface area contributed by atoms with E-state index in [9.17, 15) is 5.11 Å². The van der Waals surface area contributed by atoms with E-state index in [1.54, 1.807) is 0 Å². The molecule has 0 radical (unpaired) electrons. The number of alkyl halides is 1. The average Bonchev–Trinajstić information content (AvgIpc) is 2.46. The number of aliphatic hydroxyl groups is 1. The Morgan fingerprint density at radius 1 is 1.20 bits per heavy atom. The fourth-order valence-corrected chi connectivity index (χ4v) is 4.32. The number of aliphatic hydroxyl groups excluding tert-OH is 1. The van der Waals surface area contributed by atoms with Gasteiger partial charge < -0.3 is 10.4 Å². The Labute approximate surface area is 142 Å². The summed E-state index contributed by atoms with van der Waals surface area (Å²) in [7, 11) is 0. The van der Waals surface area contributed by atoms with Gasteiger partial charge in [-0.25, -0.2) is 0 Å². The van der Waals surface area contributed by atoms with E-state index in [2.05, 4.69) is 49.3 Å². The minimum atomic E-state index is -0.534. The van der Waals surface area contributed by atoms with Gasteiger partial charge in [0.25, 0.3) is 0 Å². The second kappa shape index (κ2) is 8.02. The maximum absolute atomic E-state index is 9.53. The van der Waals surface area contributed by atoms with Crippen LogP contribution in [0.15, 0.2) is 21.1 Å². The van der Waals surface area contributed by atoms with E-state index in [1.165, 1.54) is 37.7 Å². The molecule has 20 heavy (non-hydrogen) atoms. The quantitative estimate of drug-likeness (QED) is 0.630. The van der Waals surface area contributed by atoms with Gasteiger partial charge in [-0.2, -0.15) is 0 Å². The highest BCUT2D eigenvalue weighted by molar-refractivity contribution is 9.11. The molecule has 2 N–H and O–H groups in total. The molecule has 1 aliphatic rings. The van der Waals surface area contributed by atoms with Gasteiger partial charge in [-0.05, 0) is 68.3 Å². The summed E-state index contributed by atoms with van der Waals surface area (Å²) in [6, 6.07) is 4.41. The summed E-state index contributed by atoms with van der Waals surface area (Å²) in [4.78, 5) is 0. The fourth-order valence-electron chi connectivity index (χ4n) is 2.71. The lowest BCUT2D eigenvalue weighted by atomic mass is 9.84. The molecule has 0 heterocycles. The lowest BCUT2D eigenvalue weighted by Gasteiger charge is -2.23. The van der Waals surface area contributed by atoms with Gasteiger partial charge in [-0.15, -0.1) is 11.6 Å². The average molecular weight is 426 g/mol. The van der Waals surface area contributed by atoms with Crippen molar-refractivity contribution >= 4 is 49.1 Å². The Morgan fingerprint density at radius 3 is 2.35 bits per heavy atom. The molecule has 1 unspecified atom stereocenters. The van der Waals surface area contributed by atoms with Gasteiger partial charge in [-0.3, -0.25) is 0 Å². The van der Waals surface area contributed by atoms with Crippen LogP contribution in [0, 0.1) is 0 Å². The molecule has 5 heteroatoms. The monoisotopic (exact) mass is 423 g/mol. The first-order valence-electron chi connectivity index (χ1n) is 7.08. The summed E-state index contributed by atoms with van der Waals surface area (Å²) in [5, 5.41) is 12.8. The number of hydrogen-bond donors (Lipinski definition) is 2. The molecular formula is C15H20Br2ClNO. The second-order valence-corrected chi connectivity index (χ2v) is 7.40. The zero-order valence-corrected chi connectivity index (χ0v) is 15.3. The zero-order chi connectivity index (χ0) is 14.5. The van der Waals surface area contributed by atoms with E-state index in [-0.39, 0.29) is 5.88 Å². The molecule has 0 bridgehead atoms. The van der Waals surface area contributed by atoms with Crippen LogP contribution in [0.3, 0.4) is 0 Å². The highest BCUT2D eigenvalue weighted by Crippen LogP contribution is 2.39. The van der Waals surface area contributed by atoms with Crippen molar-refractivity contribution in [3.05, 3.63) is 26.6 Å². The molecule has 1 saturated carbocycles. The molecule has 1 aromatic rings. The highest BCUT2D eigenvalue weighted by Gasteiger charge is 2.18.